The predicted octanol–water partition coefficient (Wildman–Crippen LogP) is 3.70. The zero-order chi connectivity index (χ0) is 11.5. The number of hydrogen-bond donors (Lipinski definition) is 1. The van der Waals surface area contributed by atoms with Crippen LogP contribution in [0.5, 0.6) is 0 Å². The van der Waals surface area contributed by atoms with Crippen LogP contribution >= 0.6 is 15.9 Å². The third-order valence-corrected chi connectivity index (χ3v) is 2.69. The lowest BCUT2D eigenvalue weighted by Gasteiger charge is -2.20. The number of aromatic nitrogens is 1. The second kappa shape index (κ2) is 5.08. The van der Waals surface area contributed by atoms with Crippen molar-refractivity contribution in [3.05, 3.63) is 28.5 Å². The smallest absolute Gasteiger partial charge is 0.106 e. The maximum absolute atomic E-state index is 9.92. The standard InChI is InChI=1S/C12H18BrNO/c1-12(2,3)8-7-10(15)9-5-4-6-11(13)14-9/h4-6,10,15H,7-8H2,1-3H3/t10-/m0/s1. The highest BCUT2D eigenvalue weighted by atomic mass is 79.9. The second-order valence-electron chi connectivity index (χ2n) is 5.00. The van der Waals surface area contributed by atoms with E-state index in [0.29, 0.717) is 0 Å². The van der Waals surface area contributed by atoms with Gasteiger partial charge in [-0.25, -0.2) is 4.98 Å². The fraction of sp³-hybridized carbons (Fsp3) is 0.583. The van der Waals surface area contributed by atoms with E-state index >= 15 is 0 Å². The first-order chi connectivity index (χ1) is 6.88. The van der Waals surface area contributed by atoms with Gasteiger partial charge in [-0.05, 0) is 46.3 Å². The SMILES string of the molecule is CC(C)(C)CC[C@H](O)c1cccc(Br)n1. The third kappa shape index (κ3) is 4.76. The number of aliphatic hydroxyl groups excluding tert-OH is 1. The highest BCUT2D eigenvalue weighted by Crippen LogP contribution is 2.26. The molecular formula is C12H18BrNO. The van der Waals surface area contributed by atoms with Crippen molar-refractivity contribution in [3.63, 3.8) is 0 Å². The van der Waals surface area contributed by atoms with Gasteiger partial charge < -0.3 is 5.11 Å². The van der Waals surface area contributed by atoms with Crippen molar-refractivity contribution < 1.29 is 5.11 Å². The minimum absolute atomic E-state index is 0.257. The van der Waals surface area contributed by atoms with Crippen molar-refractivity contribution in [3.8, 4) is 0 Å². The van der Waals surface area contributed by atoms with E-state index in [1.807, 2.05) is 18.2 Å². The molecule has 0 saturated carbocycles. The van der Waals surface area contributed by atoms with Crippen LogP contribution in [0.25, 0.3) is 0 Å². The zero-order valence-corrected chi connectivity index (χ0v) is 11.1. The molecule has 0 fully saturated rings. The first kappa shape index (κ1) is 12.7. The van der Waals surface area contributed by atoms with Crippen LogP contribution in [0.1, 0.15) is 45.4 Å². The Morgan fingerprint density at radius 2 is 2.07 bits per heavy atom. The van der Waals surface area contributed by atoms with Gasteiger partial charge in [-0.3, -0.25) is 0 Å². The van der Waals surface area contributed by atoms with Crippen LogP contribution < -0.4 is 0 Å². The predicted molar refractivity (Wildman–Crippen MR) is 65.6 cm³/mol. The molecule has 0 aromatic carbocycles. The number of rotatable bonds is 3. The average Bonchev–Trinajstić information content (AvgIpc) is 2.13. The van der Waals surface area contributed by atoms with Gasteiger partial charge in [0.2, 0.25) is 0 Å². The lowest BCUT2D eigenvalue weighted by atomic mass is 9.89. The molecule has 0 aliphatic heterocycles. The van der Waals surface area contributed by atoms with E-state index < -0.39 is 6.10 Å². The molecule has 1 N–H and O–H groups in total. The lowest BCUT2D eigenvalue weighted by molar-refractivity contribution is 0.143. The first-order valence-corrected chi connectivity index (χ1v) is 5.98. The summed E-state index contributed by atoms with van der Waals surface area (Å²) in [4.78, 5) is 4.24. The molecule has 0 radical (unpaired) electrons. The maximum atomic E-state index is 9.92. The average molecular weight is 272 g/mol. The molecule has 1 aromatic heterocycles. The first-order valence-electron chi connectivity index (χ1n) is 5.19. The van der Waals surface area contributed by atoms with Gasteiger partial charge in [0.1, 0.15) is 4.60 Å². The molecule has 0 saturated heterocycles. The van der Waals surface area contributed by atoms with Crippen molar-refractivity contribution in [2.45, 2.75) is 39.7 Å². The Bertz CT molecular complexity index is 320. The molecule has 0 unspecified atom stereocenters. The summed E-state index contributed by atoms with van der Waals surface area (Å²) in [6.07, 6.45) is 1.29. The summed E-state index contributed by atoms with van der Waals surface area (Å²) in [5, 5.41) is 9.92. The third-order valence-electron chi connectivity index (χ3n) is 2.25. The second-order valence-corrected chi connectivity index (χ2v) is 5.81. The quantitative estimate of drug-likeness (QED) is 0.851. The van der Waals surface area contributed by atoms with Crippen molar-refractivity contribution in [2.75, 3.05) is 0 Å². The number of nitrogens with zero attached hydrogens (tertiary/aromatic N) is 1. The van der Waals surface area contributed by atoms with Crippen LogP contribution in [0.4, 0.5) is 0 Å². The minimum Gasteiger partial charge on any atom is -0.387 e. The van der Waals surface area contributed by atoms with Crippen LogP contribution in [-0.2, 0) is 0 Å². The fourth-order valence-corrected chi connectivity index (χ4v) is 1.68. The summed E-state index contributed by atoms with van der Waals surface area (Å²) in [5.41, 5.74) is 1.00. The monoisotopic (exact) mass is 271 g/mol. The van der Waals surface area contributed by atoms with Crippen molar-refractivity contribution in [2.24, 2.45) is 5.41 Å². The van der Waals surface area contributed by atoms with Crippen LogP contribution in [0.15, 0.2) is 22.8 Å². The highest BCUT2D eigenvalue weighted by Gasteiger charge is 2.15. The van der Waals surface area contributed by atoms with E-state index in [4.69, 9.17) is 0 Å². The van der Waals surface area contributed by atoms with E-state index in [1.54, 1.807) is 0 Å². The summed E-state index contributed by atoms with van der Waals surface area (Å²) >= 11 is 3.30. The van der Waals surface area contributed by atoms with E-state index in [0.717, 1.165) is 23.1 Å². The molecule has 0 spiro atoms. The van der Waals surface area contributed by atoms with E-state index in [1.165, 1.54) is 0 Å². The molecule has 0 aliphatic carbocycles. The molecule has 84 valence electrons. The Kier molecular flexibility index (Phi) is 4.29. The van der Waals surface area contributed by atoms with Gasteiger partial charge in [0.15, 0.2) is 0 Å². The van der Waals surface area contributed by atoms with Crippen LogP contribution in [0, 0.1) is 5.41 Å². The summed E-state index contributed by atoms with van der Waals surface area (Å²) in [6.45, 7) is 6.52. The van der Waals surface area contributed by atoms with Crippen molar-refractivity contribution in [1.82, 2.24) is 4.98 Å². The number of pyridine rings is 1. The van der Waals surface area contributed by atoms with Gasteiger partial charge in [0, 0.05) is 0 Å². The van der Waals surface area contributed by atoms with E-state index in [2.05, 4.69) is 41.7 Å². The number of halogens is 1. The molecule has 0 bridgehead atoms. The summed E-state index contributed by atoms with van der Waals surface area (Å²) in [5.74, 6) is 0. The van der Waals surface area contributed by atoms with Crippen LogP contribution in [0.2, 0.25) is 0 Å². The van der Waals surface area contributed by atoms with Gasteiger partial charge in [-0.1, -0.05) is 26.8 Å². The summed E-state index contributed by atoms with van der Waals surface area (Å²) < 4.78 is 0.773. The van der Waals surface area contributed by atoms with Crippen LogP contribution in [0.3, 0.4) is 0 Å². The largest absolute Gasteiger partial charge is 0.387 e. The Hall–Kier alpha value is -0.410. The Morgan fingerprint density at radius 3 is 2.60 bits per heavy atom. The van der Waals surface area contributed by atoms with Crippen molar-refractivity contribution >= 4 is 15.9 Å². The summed E-state index contributed by atoms with van der Waals surface area (Å²) in [6, 6.07) is 5.62. The molecule has 1 heterocycles. The molecule has 1 rings (SSSR count). The Labute approximate surface area is 99.9 Å². The summed E-state index contributed by atoms with van der Waals surface area (Å²) in [7, 11) is 0. The van der Waals surface area contributed by atoms with Gasteiger partial charge in [0.25, 0.3) is 0 Å². The lowest BCUT2D eigenvalue weighted by Crippen LogP contribution is -2.09. The normalized spacial score (nSPS) is 13.9. The van der Waals surface area contributed by atoms with Gasteiger partial charge in [0.05, 0.1) is 11.8 Å². The molecule has 1 aromatic rings. The Morgan fingerprint density at radius 1 is 1.40 bits per heavy atom. The molecular weight excluding hydrogens is 254 g/mol. The van der Waals surface area contributed by atoms with Gasteiger partial charge >= 0.3 is 0 Å². The van der Waals surface area contributed by atoms with Crippen LogP contribution in [-0.4, -0.2) is 10.1 Å². The van der Waals surface area contributed by atoms with Gasteiger partial charge in [-0.2, -0.15) is 0 Å². The molecule has 15 heavy (non-hydrogen) atoms. The minimum atomic E-state index is -0.457. The van der Waals surface area contributed by atoms with E-state index in [-0.39, 0.29) is 5.41 Å². The number of hydrogen-bond acceptors (Lipinski definition) is 2. The topological polar surface area (TPSA) is 33.1 Å². The van der Waals surface area contributed by atoms with Crippen molar-refractivity contribution in [1.29, 1.82) is 0 Å². The number of aliphatic hydroxyl groups is 1. The molecule has 1 atom stereocenters. The molecule has 0 amide bonds. The van der Waals surface area contributed by atoms with Gasteiger partial charge in [-0.15, -0.1) is 0 Å². The van der Waals surface area contributed by atoms with E-state index in [9.17, 15) is 5.11 Å². The highest BCUT2D eigenvalue weighted by molar-refractivity contribution is 9.10. The fourth-order valence-electron chi connectivity index (χ4n) is 1.33. The Balaban J connectivity index is 2.58. The molecule has 3 heteroatoms. The zero-order valence-electron chi connectivity index (χ0n) is 9.50. The maximum Gasteiger partial charge on any atom is 0.106 e. The molecule has 0 aliphatic rings. The molecule has 2 nitrogen and oxygen atoms in total.